The van der Waals surface area contributed by atoms with Gasteiger partial charge in [0.1, 0.15) is 11.7 Å². The van der Waals surface area contributed by atoms with Gasteiger partial charge in [0.15, 0.2) is 0 Å². The summed E-state index contributed by atoms with van der Waals surface area (Å²) in [6.45, 7) is 5.77. The molecule has 0 bridgehead atoms. The van der Waals surface area contributed by atoms with E-state index in [-0.39, 0.29) is 11.7 Å². The van der Waals surface area contributed by atoms with E-state index in [2.05, 4.69) is 20.9 Å². The van der Waals surface area contributed by atoms with Crippen LogP contribution in [0.15, 0.2) is 21.6 Å². The highest BCUT2D eigenvalue weighted by molar-refractivity contribution is 9.10. The lowest BCUT2D eigenvalue weighted by molar-refractivity contribution is 0.621. The zero-order valence-corrected chi connectivity index (χ0v) is 10.6. The van der Waals surface area contributed by atoms with Crippen LogP contribution in [0.5, 0.6) is 0 Å². The molecule has 4 heteroatoms. The van der Waals surface area contributed by atoms with Crippen molar-refractivity contribution in [2.24, 2.45) is 16.6 Å². The standard InChI is InChI=1S/C11H14BrFN2/c1-6(2)11(14)15-10-5-9(13)8(12)4-7(10)3/h4-6H,1-3H3,(H2,14,15). The first-order chi connectivity index (χ1) is 6.91. The highest BCUT2D eigenvalue weighted by Gasteiger charge is 2.06. The average Bonchev–Trinajstić information content (AvgIpc) is 2.13. The summed E-state index contributed by atoms with van der Waals surface area (Å²) in [4.78, 5) is 4.19. The maximum atomic E-state index is 13.3. The Morgan fingerprint density at radius 3 is 2.60 bits per heavy atom. The quantitative estimate of drug-likeness (QED) is 0.649. The molecule has 2 nitrogen and oxygen atoms in total. The predicted molar refractivity (Wildman–Crippen MR) is 65.0 cm³/mol. The number of aryl methyl sites for hydroxylation is 1. The second-order valence-electron chi connectivity index (χ2n) is 3.74. The molecule has 82 valence electrons. The third kappa shape index (κ3) is 3.02. The van der Waals surface area contributed by atoms with E-state index in [4.69, 9.17) is 5.73 Å². The smallest absolute Gasteiger partial charge is 0.139 e. The second-order valence-corrected chi connectivity index (χ2v) is 4.60. The summed E-state index contributed by atoms with van der Waals surface area (Å²) in [7, 11) is 0. The Bertz CT molecular complexity index is 400. The van der Waals surface area contributed by atoms with Crippen LogP contribution in [0.25, 0.3) is 0 Å². The van der Waals surface area contributed by atoms with Crippen molar-refractivity contribution in [3.63, 3.8) is 0 Å². The minimum absolute atomic E-state index is 0.163. The van der Waals surface area contributed by atoms with Gasteiger partial charge in [0, 0.05) is 12.0 Å². The summed E-state index contributed by atoms with van der Waals surface area (Å²) in [5.74, 6) is 0.354. The topological polar surface area (TPSA) is 38.4 Å². The third-order valence-electron chi connectivity index (χ3n) is 2.08. The molecule has 0 fully saturated rings. The molecule has 0 aliphatic heterocycles. The summed E-state index contributed by atoms with van der Waals surface area (Å²) in [5.41, 5.74) is 7.20. The predicted octanol–water partition coefficient (Wildman–Crippen LogP) is 3.54. The van der Waals surface area contributed by atoms with Crippen LogP contribution in [0.1, 0.15) is 19.4 Å². The third-order valence-corrected chi connectivity index (χ3v) is 2.69. The minimum Gasteiger partial charge on any atom is -0.387 e. The maximum absolute atomic E-state index is 13.3. The Balaban J connectivity index is 3.16. The first kappa shape index (κ1) is 12.2. The number of hydrogen-bond acceptors (Lipinski definition) is 1. The molecule has 2 N–H and O–H groups in total. The number of benzene rings is 1. The lowest BCUT2D eigenvalue weighted by Crippen LogP contribution is -2.18. The molecule has 1 aromatic rings. The average molecular weight is 273 g/mol. The van der Waals surface area contributed by atoms with Gasteiger partial charge >= 0.3 is 0 Å². The van der Waals surface area contributed by atoms with Gasteiger partial charge in [-0.05, 0) is 34.5 Å². The monoisotopic (exact) mass is 272 g/mol. The zero-order valence-electron chi connectivity index (χ0n) is 9.01. The van der Waals surface area contributed by atoms with Gasteiger partial charge in [-0.3, -0.25) is 0 Å². The summed E-state index contributed by atoms with van der Waals surface area (Å²) >= 11 is 3.12. The number of rotatable bonds is 2. The molecule has 1 aromatic carbocycles. The van der Waals surface area contributed by atoms with Crippen molar-refractivity contribution in [1.82, 2.24) is 0 Å². The first-order valence-corrected chi connectivity index (χ1v) is 5.50. The van der Waals surface area contributed by atoms with Crippen molar-refractivity contribution in [2.75, 3.05) is 0 Å². The highest BCUT2D eigenvalue weighted by atomic mass is 79.9. The molecule has 1 rings (SSSR count). The lowest BCUT2D eigenvalue weighted by atomic mass is 10.2. The Morgan fingerprint density at radius 2 is 2.07 bits per heavy atom. The Hall–Kier alpha value is -0.900. The van der Waals surface area contributed by atoms with Gasteiger partial charge < -0.3 is 5.73 Å². The van der Waals surface area contributed by atoms with Gasteiger partial charge in [0.2, 0.25) is 0 Å². The van der Waals surface area contributed by atoms with E-state index in [0.717, 1.165) is 5.56 Å². The fraction of sp³-hybridized carbons (Fsp3) is 0.364. The second kappa shape index (κ2) is 4.75. The van der Waals surface area contributed by atoms with Crippen molar-refractivity contribution in [3.8, 4) is 0 Å². The molecule has 0 atom stereocenters. The lowest BCUT2D eigenvalue weighted by Gasteiger charge is -2.06. The highest BCUT2D eigenvalue weighted by Crippen LogP contribution is 2.26. The van der Waals surface area contributed by atoms with E-state index in [1.54, 1.807) is 6.07 Å². The summed E-state index contributed by atoms with van der Waals surface area (Å²) < 4.78 is 13.7. The maximum Gasteiger partial charge on any atom is 0.139 e. The minimum atomic E-state index is -0.323. The zero-order chi connectivity index (χ0) is 11.6. The molecule has 0 amide bonds. The molecule has 0 saturated carbocycles. The van der Waals surface area contributed by atoms with E-state index in [1.807, 2.05) is 20.8 Å². The largest absolute Gasteiger partial charge is 0.387 e. The van der Waals surface area contributed by atoms with E-state index in [1.165, 1.54) is 6.07 Å². The van der Waals surface area contributed by atoms with E-state index >= 15 is 0 Å². The molecule has 0 saturated heterocycles. The Labute approximate surface area is 97.5 Å². The summed E-state index contributed by atoms with van der Waals surface area (Å²) in [5, 5.41) is 0. The number of halogens is 2. The fourth-order valence-corrected chi connectivity index (χ4v) is 1.48. The van der Waals surface area contributed by atoms with Crippen LogP contribution in [-0.4, -0.2) is 5.84 Å². The molecule has 0 radical (unpaired) electrons. The molecule has 0 aliphatic carbocycles. The normalized spacial score (nSPS) is 12.3. The van der Waals surface area contributed by atoms with Crippen molar-refractivity contribution in [3.05, 3.63) is 28.0 Å². The van der Waals surface area contributed by atoms with Crippen LogP contribution in [0.2, 0.25) is 0 Å². The number of amidine groups is 1. The molecule has 0 unspecified atom stereocenters. The van der Waals surface area contributed by atoms with Crippen LogP contribution >= 0.6 is 15.9 Å². The van der Waals surface area contributed by atoms with Gasteiger partial charge in [0.05, 0.1) is 10.2 Å². The van der Waals surface area contributed by atoms with E-state index < -0.39 is 0 Å². The number of nitrogens with two attached hydrogens (primary N) is 1. The van der Waals surface area contributed by atoms with Gasteiger partial charge in [0.25, 0.3) is 0 Å². The molecule has 0 heterocycles. The van der Waals surface area contributed by atoms with Crippen molar-refractivity contribution >= 4 is 27.5 Å². The Morgan fingerprint density at radius 1 is 1.47 bits per heavy atom. The molecule has 0 aromatic heterocycles. The number of hydrogen-bond donors (Lipinski definition) is 1. The van der Waals surface area contributed by atoms with Gasteiger partial charge in [-0.2, -0.15) is 0 Å². The molecule has 0 spiro atoms. The van der Waals surface area contributed by atoms with Crippen LogP contribution < -0.4 is 5.73 Å². The SMILES string of the molecule is Cc1cc(Br)c(F)cc1N=C(N)C(C)C. The molecular formula is C11H14BrFN2. The summed E-state index contributed by atoms with van der Waals surface area (Å²) in [6.07, 6.45) is 0. The van der Waals surface area contributed by atoms with Gasteiger partial charge in [-0.15, -0.1) is 0 Å². The molecule has 15 heavy (non-hydrogen) atoms. The van der Waals surface area contributed by atoms with Crippen LogP contribution in [0.4, 0.5) is 10.1 Å². The van der Waals surface area contributed by atoms with Gasteiger partial charge in [-0.25, -0.2) is 9.38 Å². The number of nitrogens with zero attached hydrogens (tertiary/aromatic N) is 1. The van der Waals surface area contributed by atoms with Crippen molar-refractivity contribution in [2.45, 2.75) is 20.8 Å². The van der Waals surface area contributed by atoms with Crippen LogP contribution in [-0.2, 0) is 0 Å². The van der Waals surface area contributed by atoms with Crippen molar-refractivity contribution < 1.29 is 4.39 Å². The molecule has 0 aliphatic rings. The van der Waals surface area contributed by atoms with Crippen LogP contribution in [0, 0.1) is 18.7 Å². The van der Waals surface area contributed by atoms with E-state index in [9.17, 15) is 4.39 Å². The fourth-order valence-electron chi connectivity index (χ4n) is 1.02. The van der Waals surface area contributed by atoms with Gasteiger partial charge in [-0.1, -0.05) is 13.8 Å². The first-order valence-electron chi connectivity index (χ1n) is 4.71. The Kier molecular flexibility index (Phi) is 3.85. The molecular weight excluding hydrogens is 259 g/mol. The van der Waals surface area contributed by atoms with E-state index in [0.29, 0.717) is 16.0 Å². The van der Waals surface area contributed by atoms with Crippen LogP contribution in [0.3, 0.4) is 0 Å². The van der Waals surface area contributed by atoms with Crippen molar-refractivity contribution in [1.29, 1.82) is 0 Å². The summed E-state index contributed by atoms with van der Waals surface area (Å²) in [6, 6.07) is 3.08. The number of aliphatic imine (C=N–C) groups is 1.